The quantitative estimate of drug-likeness (QED) is 0.513. The van der Waals surface area contributed by atoms with E-state index < -0.39 is 32.9 Å². The number of amides is 4. The molecule has 1 unspecified atom stereocenters. The molecule has 0 aliphatic carbocycles. The normalized spacial score (nSPS) is 20.2. The van der Waals surface area contributed by atoms with Crippen molar-refractivity contribution >= 4 is 42.6 Å². The van der Waals surface area contributed by atoms with E-state index in [1.165, 1.54) is 0 Å². The number of hydrogen-bond donors (Lipinski definition) is 3. The zero-order valence-electron chi connectivity index (χ0n) is 6.28. The number of primary amides is 1. The average molecular weight is 220 g/mol. The second-order valence-electron chi connectivity index (χ2n) is 2.05. The van der Waals surface area contributed by atoms with Crippen LogP contribution in [0.3, 0.4) is 0 Å². The fraction of sp³-hybridized carbons (Fsp3) is 0.250. The van der Waals surface area contributed by atoms with Crippen LogP contribution in [0.5, 0.6) is 0 Å². The summed E-state index contributed by atoms with van der Waals surface area (Å²) in [4.78, 5) is 24.6. The van der Waals surface area contributed by atoms with E-state index in [-0.39, 0.29) is 5.90 Å². The van der Waals surface area contributed by atoms with Gasteiger partial charge in [-0.05, 0) is 0 Å². The van der Waals surface area contributed by atoms with Crippen LogP contribution in [-0.4, -0.2) is 38.8 Å². The van der Waals surface area contributed by atoms with E-state index >= 15 is 0 Å². The Labute approximate surface area is 83.9 Å². The Kier molecular flexibility index (Phi) is 3.36. The van der Waals surface area contributed by atoms with E-state index in [1.807, 2.05) is 0 Å². The van der Waals surface area contributed by atoms with E-state index in [2.05, 4.69) is 15.6 Å². The minimum absolute atomic E-state index is 0.0359. The van der Waals surface area contributed by atoms with Crippen molar-refractivity contribution in [2.75, 3.05) is 0 Å². The number of nitrogens with one attached hydrogen (secondary N) is 2. The van der Waals surface area contributed by atoms with Gasteiger partial charge in [-0.25, -0.2) is 19.6 Å². The van der Waals surface area contributed by atoms with Gasteiger partial charge in [-0.1, -0.05) is 0 Å². The molecule has 1 aliphatic rings. The van der Waals surface area contributed by atoms with Gasteiger partial charge in [0, 0.05) is 0 Å². The summed E-state index contributed by atoms with van der Waals surface area (Å²) in [5.74, 6) is 0.0359. The minimum atomic E-state index is -0.813. The molecule has 7 nitrogen and oxygen atoms in total. The first-order valence-corrected chi connectivity index (χ1v) is 5.39. The number of carbonyl (C=O) groups is 2. The first kappa shape index (κ1) is 10.1. The fourth-order valence-corrected chi connectivity index (χ4v) is 1.32. The van der Waals surface area contributed by atoms with Crippen molar-refractivity contribution in [3.05, 3.63) is 0 Å². The molecule has 0 aromatic rings. The molecule has 9 heteroatoms. The van der Waals surface area contributed by atoms with Crippen LogP contribution in [0, 0.1) is 0 Å². The molecule has 4 N–H and O–H groups in total. The van der Waals surface area contributed by atoms with E-state index in [4.69, 9.17) is 19.6 Å². The van der Waals surface area contributed by atoms with Crippen molar-refractivity contribution in [2.45, 2.75) is 6.17 Å². The van der Waals surface area contributed by atoms with Crippen molar-refractivity contribution in [2.24, 2.45) is 10.7 Å². The van der Waals surface area contributed by atoms with Crippen LogP contribution < -0.4 is 16.4 Å². The Hall–Kier alpha value is -0.968. The molecule has 0 fully saturated rings. The smallest absolute Gasteiger partial charge is 0.623 e. The average Bonchev–Trinajstić information content (AvgIpc) is 2.31. The molecule has 0 bridgehead atoms. The van der Waals surface area contributed by atoms with E-state index in [9.17, 15) is 9.59 Å². The van der Waals surface area contributed by atoms with Crippen LogP contribution in [-0.2, 0) is 3.79 Å². The Morgan fingerprint density at radius 1 is 1.85 bits per heavy atom. The van der Waals surface area contributed by atoms with Crippen molar-refractivity contribution in [3.63, 3.8) is 0 Å². The molecule has 0 spiro atoms. The maximum atomic E-state index is 10.7. The molecule has 1 atom stereocenters. The monoisotopic (exact) mass is 219 g/mol. The molecular formula is C4H5AlClN4O3. The van der Waals surface area contributed by atoms with E-state index in [0.717, 1.165) is 0 Å². The standard InChI is InChI=1S/C4H6N4O3.Al.ClH/c5-3(10)6-1-2(9)8-4(11)7-1;;/h1H,(H3,5,6,10)(H2,7,8,9,11);;1H/q;+2;/p-2. The van der Waals surface area contributed by atoms with Crippen molar-refractivity contribution in [1.82, 2.24) is 10.6 Å². The number of nitrogens with zero attached hydrogens (tertiary/aromatic N) is 1. The molecule has 69 valence electrons. The van der Waals surface area contributed by atoms with Gasteiger partial charge in [0.25, 0.3) is 0 Å². The summed E-state index contributed by atoms with van der Waals surface area (Å²) in [6, 6.07) is -1.38. The summed E-state index contributed by atoms with van der Waals surface area (Å²) in [5.41, 5.74) is 4.84. The highest BCUT2D eigenvalue weighted by Crippen LogP contribution is 1.98. The van der Waals surface area contributed by atoms with Gasteiger partial charge in [0.15, 0.2) is 6.17 Å². The van der Waals surface area contributed by atoms with Gasteiger partial charge in [-0.15, -0.1) is 0 Å². The minimum Gasteiger partial charge on any atom is -0.623 e. The highest BCUT2D eigenvalue weighted by atomic mass is 35.6. The molecule has 1 rings (SSSR count). The summed E-state index contributed by atoms with van der Waals surface area (Å²) < 4.78 is 4.83. The third-order valence-electron chi connectivity index (χ3n) is 1.18. The maximum absolute atomic E-state index is 10.7. The second-order valence-corrected chi connectivity index (χ2v) is 3.00. The van der Waals surface area contributed by atoms with Crippen LogP contribution in [0.15, 0.2) is 4.99 Å². The summed E-state index contributed by atoms with van der Waals surface area (Å²) >= 11 is -0.813. The third-order valence-corrected chi connectivity index (χ3v) is 1.78. The van der Waals surface area contributed by atoms with Gasteiger partial charge in [0.2, 0.25) is 5.90 Å². The van der Waals surface area contributed by atoms with Gasteiger partial charge >= 0.3 is 26.7 Å². The predicted octanol–water partition coefficient (Wildman–Crippen LogP) is -1.11. The van der Waals surface area contributed by atoms with Crippen molar-refractivity contribution in [3.8, 4) is 0 Å². The maximum Gasteiger partial charge on any atom is 0.674 e. The molecule has 0 saturated heterocycles. The highest BCUT2D eigenvalue weighted by Gasteiger charge is 2.27. The number of hydrogen-bond acceptors (Lipinski definition) is 3. The molecular weight excluding hydrogens is 215 g/mol. The molecule has 4 amide bonds. The highest BCUT2D eigenvalue weighted by molar-refractivity contribution is 6.90. The lowest BCUT2D eigenvalue weighted by atomic mass is 10.5. The molecule has 1 radical (unpaired) electrons. The molecule has 0 saturated carbocycles. The van der Waals surface area contributed by atoms with Crippen LogP contribution >= 0.6 is 10.0 Å². The van der Waals surface area contributed by atoms with Crippen molar-refractivity contribution < 1.29 is 13.4 Å². The molecule has 0 aromatic heterocycles. The van der Waals surface area contributed by atoms with Crippen molar-refractivity contribution in [1.29, 1.82) is 0 Å². The largest absolute Gasteiger partial charge is 0.674 e. The zero-order chi connectivity index (χ0) is 9.84. The Bertz CT molecular complexity index is 270. The number of nitrogens with two attached hydrogens (primary N) is 1. The molecule has 13 heavy (non-hydrogen) atoms. The summed E-state index contributed by atoms with van der Waals surface area (Å²) in [7, 11) is 5.33. The Balaban J connectivity index is 2.60. The topological polar surface area (TPSA) is 106 Å². The Morgan fingerprint density at radius 3 is 3.08 bits per heavy atom. The van der Waals surface area contributed by atoms with Crippen LogP contribution in [0.25, 0.3) is 0 Å². The molecule has 0 aromatic carbocycles. The van der Waals surface area contributed by atoms with Gasteiger partial charge in [-0.2, -0.15) is 4.99 Å². The van der Waals surface area contributed by atoms with Gasteiger partial charge in [0.05, 0.1) is 0 Å². The summed E-state index contributed by atoms with van der Waals surface area (Å²) in [5, 5.41) is 4.51. The van der Waals surface area contributed by atoms with E-state index in [0.29, 0.717) is 0 Å². The lowest BCUT2D eigenvalue weighted by Gasteiger charge is -2.13. The fourth-order valence-electron chi connectivity index (χ4n) is 0.762. The summed E-state index contributed by atoms with van der Waals surface area (Å²) in [6.45, 7) is 0. The number of carbonyl (C=O) groups excluding carboxylic acids is 2. The van der Waals surface area contributed by atoms with Gasteiger partial charge < -0.3 is 20.2 Å². The third kappa shape index (κ3) is 2.77. The van der Waals surface area contributed by atoms with E-state index in [1.54, 1.807) is 0 Å². The van der Waals surface area contributed by atoms with Crippen LogP contribution in [0.1, 0.15) is 0 Å². The lowest BCUT2D eigenvalue weighted by Crippen LogP contribution is -2.50. The SMILES string of the molecule is NC(=O)NC1NC(=O)N=C1[O][Al][Cl]. The second kappa shape index (κ2) is 4.32. The number of rotatable bonds is 2. The number of halogens is 1. The zero-order valence-corrected chi connectivity index (χ0v) is 8.19. The summed E-state index contributed by atoms with van der Waals surface area (Å²) in [6.07, 6.45) is -0.809. The molecule has 1 heterocycles. The first-order valence-electron chi connectivity index (χ1n) is 3.17. The Morgan fingerprint density at radius 2 is 2.54 bits per heavy atom. The van der Waals surface area contributed by atoms with Crippen LogP contribution in [0.2, 0.25) is 0 Å². The predicted molar refractivity (Wildman–Crippen MR) is 45.2 cm³/mol. The lowest BCUT2D eigenvalue weighted by molar-refractivity contribution is 0.242. The van der Waals surface area contributed by atoms with Crippen LogP contribution in [0.4, 0.5) is 9.59 Å². The van der Waals surface area contributed by atoms with Gasteiger partial charge in [0.1, 0.15) is 0 Å². The molecule has 1 aliphatic heterocycles. The van der Waals surface area contributed by atoms with Gasteiger partial charge in [-0.3, -0.25) is 0 Å². The number of urea groups is 2. The first-order chi connectivity index (χ1) is 6.13. The number of aliphatic imine (C=N–C) groups is 1.